The lowest BCUT2D eigenvalue weighted by atomic mass is 9.95. The summed E-state index contributed by atoms with van der Waals surface area (Å²) in [6, 6.07) is 12.0. The first-order valence-corrected chi connectivity index (χ1v) is 14.4. The van der Waals surface area contributed by atoms with Crippen LogP contribution in [0.1, 0.15) is 17.5 Å². The number of hydrogen-bond donors (Lipinski definition) is 4. The van der Waals surface area contributed by atoms with Crippen LogP contribution in [0.25, 0.3) is 33.0 Å². The summed E-state index contributed by atoms with van der Waals surface area (Å²) >= 11 is 3.19. The highest BCUT2D eigenvalue weighted by Gasteiger charge is 2.35. The lowest BCUT2D eigenvalue weighted by Crippen LogP contribution is -2.33. The van der Waals surface area contributed by atoms with Crippen molar-refractivity contribution >= 4 is 74.2 Å². The number of H-pyrrole nitrogens is 1. The molecule has 5 rings (SSSR count). The Hall–Kier alpha value is -4.23. The third-order valence-electron chi connectivity index (χ3n) is 6.52. The van der Waals surface area contributed by atoms with E-state index in [0.717, 1.165) is 31.6 Å². The van der Waals surface area contributed by atoms with E-state index >= 15 is 0 Å². The third kappa shape index (κ3) is 5.10. The van der Waals surface area contributed by atoms with Gasteiger partial charge in [0.2, 0.25) is 0 Å². The SMILES string of the molecule is CSc1ccc2[nH]cc(C3=C(c4cn(CCCNC(N)=N[N+](=O)[O-])c5ccc(SC)cc45)C(=O)NC3=O)c2c1. The number of guanidine groups is 1. The van der Waals surface area contributed by atoms with E-state index in [0.29, 0.717) is 41.8 Å². The van der Waals surface area contributed by atoms with Gasteiger partial charge in [-0.3, -0.25) is 14.9 Å². The molecule has 3 heterocycles. The normalized spacial score (nSPS) is 14.1. The standard InChI is InChI=1S/C26H25N7O4S2/c1-38-14-4-6-20-16(10-14)18(12-29-20)22-23(25(35)30-24(22)34)19-13-32(9-3-8-28-26(27)31-33(36)37)21-7-5-15(39-2)11-17(19)21/h4-7,10-13,29H,3,8-9H2,1-2H3,(H3,27,28,31)(H,30,34,35). The van der Waals surface area contributed by atoms with Gasteiger partial charge in [-0.05, 0) is 55.3 Å². The van der Waals surface area contributed by atoms with Crippen molar-refractivity contribution in [2.45, 2.75) is 22.8 Å². The zero-order chi connectivity index (χ0) is 27.7. The van der Waals surface area contributed by atoms with Gasteiger partial charge in [0.05, 0.1) is 11.1 Å². The average molecular weight is 564 g/mol. The number of carbonyl (C=O) groups is 2. The molecule has 0 bridgehead atoms. The molecule has 0 saturated heterocycles. The summed E-state index contributed by atoms with van der Waals surface area (Å²) in [6.07, 6.45) is 8.21. The maximum Gasteiger partial charge on any atom is 0.266 e. The maximum atomic E-state index is 13.3. The molecule has 1 aliphatic heterocycles. The number of aromatic amines is 1. The first-order valence-electron chi connectivity index (χ1n) is 12.0. The molecule has 11 nitrogen and oxygen atoms in total. The zero-order valence-corrected chi connectivity index (χ0v) is 22.7. The number of amides is 2. The van der Waals surface area contributed by atoms with Gasteiger partial charge in [-0.25, -0.2) is 10.1 Å². The first-order chi connectivity index (χ1) is 18.8. The number of nitrogens with zero attached hydrogens (tertiary/aromatic N) is 3. The van der Waals surface area contributed by atoms with Crippen molar-refractivity contribution in [3.63, 3.8) is 0 Å². The van der Waals surface area contributed by atoms with Gasteiger partial charge in [-0.2, -0.15) is 0 Å². The molecular weight excluding hydrogens is 538 g/mol. The highest BCUT2D eigenvalue weighted by Crippen LogP contribution is 2.39. The molecule has 1 aliphatic rings. The summed E-state index contributed by atoms with van der Waals surface area (Å²) in [4.78, 5) is 42.2. The molecule has 0 saturated carbocycles. The topological polar surface area (TPSA) is 160 Å². The number of hydrazone groups is 1. The number of hydrogen-bond acceptors (Lipinski definition) is 6. The quantitative estimate of drug-likeness (QED) is 0.0457. The Labute approximate surface area is 231 Å². The number of aromatic nitrogens is 2. The third-order valence-corrected chi connectivity index (χ3v) is 7.97. The zero-order valence-electron chi connectivity index (χ0n) is 21.1. The van der Waals surface area contributed by atoms with E-state index in [4.69, 9.17) is 5.73 Å². The van der Waals surface area contributed by atoms with Crippen LogP contribution in [0.4, 0.5) is 0 Å². The Kier molecular flexibility index (Phi) is 7.35. The number of imide groups is 1. The lowest BCUT2D eigenvalue weighted by molar-refractivity contribution is -0.485. The van der Waals surface area contributed by atoms with Gasteiger partial charge in [-0.15, -0.1) is 23.5 Å². The molecule has 2 amide bonds. The Balaban J connectivity index is 1.60. The number of aryl methyl sites for hydroxylation is 1. The number of nitrogens with one attached hydrogen (secondary N) is 3. The molecule has 39 heavy (non-hydrogen) atoms. The molecule has 0 radical (unpaired) electrons. The minimum Gasteiger partial charge on any atom is -0.365 e. The van der Waals surface area contributed by atoms with Gasteiger partial charge >= 0.3 is 0 Å². The molecule has 2 aromatic heterocycles. The molecule has 5 N–H and O–H groups in total. The number of thioether (sulfide) groups is 2. The van der Waals surface area contributed by atoms with Gasteiger partial charge in [0.15, 0.2) is 5.03 Å². The largest absolute Gasteiger partial charge is 0.365 e. The number of rotatable bonds is 9. The fourth-order valence-electron chi connectivity index (χ4n) is 4.78. The highest BCUT2D eigenvalue weighted by molar-refractivity contribution is 7.98. The van der Waals surface area contributed by atoms with Crippen LogP contribution in [0.3, 0.4) is 0 Å². The van der Waals surface area contributed by atoms with Crippen LogP contribution in [0, 0.1) is 10.1 Å². The van der Waals surface area contributed by atoms with Crippen LogP contribution in [0.15, 0.2) is 63.7 Å². The molecule has 200 valence electrons. The van der Waals surface area contributed by atoms with E-state index in [1.165, 1.54) is 0 Å². The van der Waals surface area contributed by atoms with Crippen LogP contribution >= 0.6 is 23.5 Å². The summed E-state index contributed by atoms with van der Waals surface area (Å²) in [7, 11) is 0. The second-order valence-electron chi connectivity index (χ2n) is 8.77. The van der Waals surface area contributed by atoms with E-state index in [1.807, 2.05) is 59.7 Å². The highest BCUT2D eigenvalue weighted by atomic mass is 32.2. The van der Waals surface area contributed by atoms with Crippen molar-refractivity contribution in [1.82, 2.24) is 20.2 Å². The monoisotopic (exact) mass is 563 g/mol. The maximum absolute atomic E-state index is 13.3. The predicted octanol–water partition coefficient (Wildman–Crippen LogP) is 3.62. The van der Waals surface area contributed by atoms with Crippen molar-refractivity contribution in [3.8, 4) is 0 Å². The van der Waals surface area contributed by atoms with E-state index in [2.05, 4.69) is 20.7 Å². The second kappa shape index (κ2) is 10.9. The smallest absolute Gasteiger partial charge is 0.266 e. The summed E-state index contributed by atoms with van der Waals surface area (Å²) in [5.74, 6) is -1.14. The van der Waals surface area contributed by atoms with Crippen molar-refractivity contribution in [3.05, 3.63) is 70.0 Å². The minimum atomic E-state index is -0.855. The second-order valence-corrected chi connectivity index (χ2v) is 10.5. The molecule has 13 heteroatoms. The van der Waals surface area contributed by atoms with Crippen molar-refractivity contribution < 1.29 is 14.6 Å². The number of fused-ring (bicyclic) bond motifs is 2. The summed E-state index contributed by atoms with van der Waals surface area (Å²) < 4.78 is 2.01. The molecule has 0 unspecified atom stereocenters. The van der Waals surface area contributed by atoms with Gasteiger partial charge in [-0.1, -0.05) is 0 Å². The number of carbonyl (C=O) groups excluding carboxylic acids is 2. The first kappa shape index (κ1) is 26.4. The summed E-state index contributed by atoms with van der Waals surface area (Å²) in [6.45, 7) is 0.900. The van der Waals surface area contributed by atoms with E-state index in [9.17, 15) is 19.7 Å². The van der Waals surface area contributed by atoms with Crippen molar-refractivity contribution in [1.29, 1.82) is 0 Å². The predicted molar refractivity (Wildman–Crippen MR) is 155 cm³/mol. The molecular formula is C26H25N7O4S2. The fourth-order valence-corrected chi connectivity index (χ4v) is 5.66. The van der Waals surface area contributed by atoms with Gasteiger partial charge in [0, 0.05) is 68.2 Å². The van der Waals surface area contributed by atoms with E-state index < -0.39 is 16.8 Å². The number of nitrogens with two attached hydrogens (primary N) is 1. The molecule has 2 aromatic carbocycles. The summed E-state index contributed by atoms with van der Waals surface area (Å²) in [5, 5.41) is 19.6. The van der Waals surface area contributed by atoms with Crippen molar-refractivity contribution in [2.24, 2.45) is 10.8 Å². The van der Waals surface area contributed by atoms with E-state index in [-0.39, 0.29) is 5.96 Å². The molecule has 0 aliphatic carbocycles. The Morgan fingerprint density at radius 2 is 1.72 bits per heavy atom. The fraction of sp³-hybridized carbons (Fsp3) is 0.192. The summed E-state index contributed by atoms with van der Waals surface area (Å²) in [5.41, 5.74) is 9.29. The van der Waals surface area contributed by atoms with Gasteiger partial charge < -0.3 is 20.6 Å². The number of nitro groups is 1. The molecule has 0 spiro atoms. The van der Waals surface area contributed by atoms with Crippen LogP contribution in [-0.4, -0.2) is 51.4 Å². The van der Waals surface area contributed by atoms with Crippen LogP contribution < -0.4 is 16.4 Å². The van der Waals surface area contributed by atoms with Crippen LogP contribution in [0.5, 0.6) is 0 Å². The number of benzene rings is 2. The molecule has 4 aromatic rings. The Bertz CT molecular complexity index is 1700. The molecule has 0 fully saturated rings. The van der Waals surface area contributed by atoms with Gasteiger partial charge in [0.25, 0.3) is 17.8 Å². The average Bonchev–Trinajstić information content (AvgIpc) is 3.57. The Morgan fingerprint density at radius 3 is 2.41 bits per heavy atom. The van der Waals surface area contributed by atoms with Crippen LogP contribution in [0.2, 0.25) is 0 Å². The van der Waals surface area contributed by atoms with E-state index in [1.54, 1.807) is 29.7 Å². The molecule has 0 atom stereocenters. The lowest BCUT2D eigenvalue weighted by Gasteiger charge is -2.06. The van der Waals surface area contributed by atoms with Crippen molar-refractivity contribution in [2.75, 3.05) is 19.1 Å². The minimum absolute atomic E-state index is 0.262. The van der Waals surface area contributed by atoms with Crippen LogP contribution in [-0.2, 0) is 16.1 Å². The Morgan fingerprint density at radius 1 is 1.05 bits per heavy atom. The van der Waals surface area contributed by atoms with Gasteiger partial charge in [0.1, 0.15) is 5.10 Å².